The van der Waals surface area contributed by atoms with E-state index in [1.165, 1.54) is 0 Å². The van der Waals surface area contributed by atoms with Crippen LogP contribution < -0.4 is 11.1 Å². The molecule has 134 valence electrons. The lowest BCUT2D eigenvalue weighted by molar-refractivity contribution is -0.134. The van der Waals surface area contributed by atoms with Crippen LogP contribution in [0.1, 0.15) is 36.6 Å². The van der Waals surface area contributed by atoms with Gasteiger partial charge in [-0.25, -0.2) is 4.79 Å². The molecule has 0 spiro atoms. The Morgan fingerprint density at radius 1 is 1.16 bits per heavy atom. The van der Waals surface area contributed by atoms with Crippen molar-refractivity contribution in [3.8, 4) is 0 Å². The van der Waals surface area contributed by atoms with E-state index in [1.807, 2.05) is 47.8 Å². The van der Waals surface area contributed by atoms with Crippen molar-refractivity contribution in [2.45, 2.75) is 45.3 Å². The maximum atomic E-state index is 13.1. The average Bonchev–Trinajstić information content (AvgIpc) is 3.11. The molecule has 0 aliphatic carbocycles. The molecule has 2 rings (SSSR count). The summed E-state index contributed by atoms with van der Waals surface area (Å²) in [6, 6.07) is 12.6. The van der Waals surface area contributed by atoms with Crippen molar-refractivity contribution in [1.82, 2.24) is 10.2 Å². The lowest BCUT2D eigenvalue weighted by Crippen LogP contribution is -2.49. The molecule has 0 fully saturated rings. The minimum absolute atomic E-state index is 0.0931. The number of benzene rings is 1. The summed E-state index contributed by atoms with van der Waals surface area (Å²) in [7, 11) is 0. The SMILES string of the molecule is CCCC[C@H](NC(N)=O)C(=O)N(Cc1ccccc1)Cc1cccs1. The molecule has 0 saturated carbocycles. The smallest absolute Gasteiger partial charge is 0.312 e. The molecular formula is C19H25N3O2S. The minimum atomic E-state index is -0.662. The van der Waals surface area contributed by atoms with Crippen LogP contribution >= 0.6 is 11.3 Å². The number of carbonyl (C=O) groups excluding carboxylic acids is 2. The summed E-state index contributed by atoms with van der Waals surface area (Å²) in [5, 5.41) is 4.61. The van der Waals surface area contributed by atoms with E-state index in [9.17, 15) is 9.59 Å². The first-order chi connectivity index (χ1) is 12.1. The van der Waals surface area contributed by atoms with Gasteiger partial charge in [0.1, 0.15) is 6.04 Å². The van der Waals surface area contributed by atoms with Gasteiger partial charge in [-0.15, -0.1) is 11.3 Å². The summed E-state index contributed by atoms with van der Waals surface area (Å²) in [6.45, 7) is 3.08. The zero-order chi connectivity index (χ0) is 18.1. The van der Waals surface area contributed by atoms with Crippen LogP contribution in [0.15, 0.2) is 47.8 Å². The number of amides is 3. The first-order valence-electron chi connectivity index (χ1n) is 8.51. The maximum absolute atomic E-state index is 13.1. The van der Waals surface area contributed by atoms with Crippen molar-refractivity contribution in [2.75, 3.05) is 0 Å². The fourth-order valence-electron chi connectivity index (χ4n) is 2.66. The van der Waals surface area contributed by atoms with Crippen LogP contribution in [0.5, 0.6) is 0 Å². The summed E-state index contributed by atoms with van der Waals surface area (Å²) >= 11 is 1.62. The molecule has 1 aromatic carbocycles. The summed E-state index contributed by atoms with van der Waals surface area (Å²) in [4.78, 5) is 27.3. The van der Waals surface area contributed by atoms with Crippen LogP contribution in [0.3, 0.4) is 0 Å². The van der Waals surface area contributed by atoms with Crippen LogP contribution in [0.4, 0.5) is 4.79 Å². The Hall–Kier alpha value is -2.34. The molecule has 0 unspecified atom stereocenters. The normalized spacial score (nSPS) is 11.7. The predicted octanol–water partition coefficient (Wildman–Crippen LogP) is 3.50. The fraction of sp³-hybridized carbons (Fsp3) is 0.368. The molecule has 0 aliphatic heterocycles. The Bertz CT molecular complexity index is 659. The second-order valence-corrected chi connectivity index (χ2v) is 6.99. The number of nitrogens with zero attached hydrogens (tertiary/aromatic N) is 1. The van der Waals surface area contributed by atoms with Crippen molar-refractivity contribution in [1.29, 1.82) is 0 Å². The van der Waals surface area contributed by atoms with Crippen molar-refractivity contribution in [3.63, 3.8) is 0 Å². The number of nitrogens with one attached hydrogen (secondary N) is 1. The highest BCUT2D eigenvalue weighted by molar-refractivity contribution is 7.09. The van der Waals surface area contributed by atoms with E-state index >= 15 is 0 Å². The summed E-state index contributed by atoms with van der Waals surface area (Å²) < 4.78 is 0. The van der Waals surface area contributed by atoms with Crippen LogP contribution in [0.25, 0.3) is 0 Å². The number of primary amides is 1. The van der Waals surface area contributed by atoms with E-state index in [1.54, 1.807) is 16.2 Å². The molecule has 0 saturated heterocycles. The number of nitrogens with two attached hydrogens (primary N) is 1. The quantitative estimate of drug-likeness (QED) is 0.719. The molecule has 3 N–H and O–H groups in total. The minimum Gasteiger partial charge on any atom is -0.352 e. The fourth-order valence-corrected chi connectivity index (χ4v) is 3.38. The van der Waals surface area contributed by atoms with Crippen LogP contribution in [-0.4, -0.2) is 22.9 Å². The molecule has 1 atom stereocenters. The molecule has 2 aromatic rings. The van der Waals surface area contributed by atoms with Gasteiger partial charge >= 0.3 is 6.03 Å². The van der Waals surface area contributed by atoms with E-state index in [0.717, 1.165) is 23.3 Å². The first kappa shape index (κ1) is 19.0. The average molecular weight is 359 g/mol. The number of thiophene rings is 1. The van der Waals surface area contributed by atoms with E-state index < -0.39 is 12.1 Å². The lowest BCUT2D eigenvalue weighted by Gasteiger charge is -2.27. The Kier molecular flexibility index (Phi) is 7.47. The standard InChI is InChI=1S/C19H25N3O2S/c1-2-3-11-17(21-19(20)24)18(23)22(14-16-10-7-12-25-16)13-15-8-5-4-6-9-15/h4-10,12,17H,2-3,11,13-14H2,1H3,(H3,20,21,24)/t17-/m0/s1. The number of carbonyl (C=O) groups is 2. The molecule has 1 heterocycles. The van der Waals surface area contributed by atoms with Gasteiger partial charge in [-0.3, -0.25) is 4.79 Å². The molecule has 0 aliphatic rings. The van der Waals surface area contributed by atoms with Crippen LogP contribution in [0.2, 0.25) is 0 Å². The molecular weight excluding hydrogens is 334 g/mol. The van der Waals surface area contributed by atoms with Crippen LogP contribution in [-0.2, 0) is 17.9 Å². The highest BCUT2D eigenvalue weighted by Crippen LogP contribution is 2.17. The Labute approximate surface area is 152 Å². The molecule has 1 aromatic heterocycles. The van der Waals surface area contributed by atoms with E-state index in [0.29, 0.717) is 19.5 Å². The second kappa shape index (κ2) is 9.84. The number of hydrogen-bond donors (Lipinski definition) is 2. The van der Waals surface area contributed by atoms with E-state index in [2.05, 4.69) is 12.2 Å². The maximum Gasteiger partial charge on any atom is 0.312 e. The number of urea groups is 1. The lowest BCUT2D eigenvalue weighted by atomic mass is 10.1. The molecule has 3 amide bonds. The van der Waals surface area contributed by atoms with Gasteiger partial charge in [-0.05, 0) is 23.4 Å². The van der Waals surface area contributed by atoms with Crippen molar-refractivity contribution >= 4 is 23.3 Å². The first-order valence-corrected chi connectivity index (χ1v) is 9.39. The van der Waals surface area contributed by atoms with Crippen molar-refractivity contribution in [2.24, 2.45) is 5.73 Å². The van der Waals surface area contributed by atoms with Crippen molar-refractivity contribution in [3.05, 3.63) is 58.3 Å². The van der Waals surface area contributed by atoms with Crippen molar-refractivity contribution < 1.29 is 9.59 Å². The predicted molar refractivity (Wildman–Crippen MR) is 101 cm³/mol. The topological polar surface area (TPSA) is 75.4 Å². The summed E-state index contributed by atoms with van der Waals surface area (Å²) in [5.41, 5.74) is 6.33. The number of rotatable bonds is 9. The van der Waals surface area contributed by atoms with E-state index in [4.69, 9.17) is 5.73 Å². The highest BCUT2D eigenvalue weighted by Gasteiger charge is 2.25. The Morgan fingerprint density at radius 3 is 2.52 bits per heavy atom. The second-order valence-electron chi connectivity index (χ2n) is 5.96. The number of unbranched alkanes of at least 4 members (excludes halogenated alkanes) is 1. The molecule has 5 nitrogen and oxygen atoms in total. The third kappa shape index (κ3) is 6.23. The van der Waals surface area contributed by atoms with Gasteiger partial charge in [-0.1, -0.05) is 56.2 Å². The summed E-state index contributed by atoms with van der Waals surface area (Å²) in [5.74, 6) is -0.0931. The zero-order valence-electron chi connectivity index (χ0n) is 14.5. The zero-order valence-corrected chi connectivity index (χ0v) is 15.3. The van der Waals surface area contributed by atoms with Crippen LogP contribution in [0, 0.1) is 0 Å². The molecule has 0 radical (unpaired) electrons. The molecule has 6 heteroatoms. The van der Waals surface area contributed by atoms with E-state index in [-0.39, 0.29) is 5.91 Å². The monoisotopic (exact) mass is 359 g/mol. The highest BCUT2D eigenvalue weighted by atomic mass is 32.1. The van der Waals surface area contributed by atoms with Gasteiger partial charge in [0.2, 0.25) is 5.91 Å². The van der Waals surface area contributed by atoms with Gasteiger partial charge < -0.3 is 16.0 Å². The Balaban J connectivity index is 2.18. The number of hydrogen-bond acceptors (Lipinski definition) is 3. The van der Waals surface area contributed by atoms with Gasteiger partial charge in [0, 0.05) is 11.4 Å². The third-order valence-corrected chi connectivity index (χ3v) is 4.78. The van der Waals surface area contributed by atoms with Gasteiger partial charge in [0.15, 0.2) is 0 Å². The Morgan fingerprint density at radius 2 is 1.92 bits per heavy atom. The van der Waals surface area contributed by atoms with Gasteiger partial charge in [0.25, 0.3) is 0 Å². The largest absolute Gasteiger partial charge is 0.352 e. The van der Waals surface area contributed by atoms with Gasteiger partial charge in [0.05, 0.1) is 6.54 Å². The summed E-state index contributed by atoms with van der Waals surface area (Å²) in [6.07, 6.45) is 2.40. The van der Waals surface area contributed by atoms with Gasteiger partial charge in [-0.2, -0.15) is 0 Å². The molecule has 25 heavy (non-hydrogen) atoms. The molecule has 0 bridgehead atoms. The third-order valence-electron chi connectivity index (χ3n) is 3.92.